The van der Waals surface area contributed by atoms with Crippen LogP contribution < -0.4 is 10.6 Å². The Bertz CT molecular complexity index is 1150. The number of aryl methyl sites for hydroxylation is 3. The number of para-hydroxylation sites is 2. The maximum absolute atomic E-state index is 13.9. The number of anilines is 1. The Morgan fingerprint density at radius 3 is 2.47 bits per heavy atom. The Kier molecular flexibility index (Phi) is 5.43. The standard InChI is InChI=1S/C24H24FN3OS/c1-14-8-7-9-15(2)22(14)28-16(3)12-18(17(28)4)13-21-23(29)27-24(30-21)26-20-11-6-5-10-19(20)25/h5-13,24,26H,1-4H3,(H,27,29)/b21-13-. The molecule has 1 aliphatic heterocycles. The fourth-order valence-electron chi connectivity index (χ4n) is 3.86. The summed E-state index contributed by atoms with van der Waals surface area (Å²) in [6.45, 7) is 8.36. The van der Waals surface area contributed by atoms with Gasteiger partial charge in [-0.25, -0.2) is 4.39 Å². The average Bonchev–Trinajstić information content (AvgIpc) is 3.17. The van der Waals surface area contributed by atoms with E-state index in [2.05, 4.69) is 67.2 Å². The van der Waals surface area contributed by atoms with Crippen LogP contribution in [0.2, 0.25) is 0 Å². The lowest BCUT2D eigenvalue weighted by molar-refractivity contribution is -0.116. The van der Waals surface area contributed by atoms with Gasteiger partial charge >= 0.3 is 0 Å². The highest BCUT2D eigenvalue weighted by atomic mass is 32.2. The summed E-state index contributed by atoms with van der Waals surface area (Å²) in [5.74, 6) is -0.507. The van der Waals surface area contributed by atoms with Crippen molar-refractivity contribution in [1.29, 1.82) is 0 Å². The van der Waals surface area contributed by atoms with Gasteiger partial charge in [0.15, 0.2) is 5.50 Å². The highest BCUT2D eigenvalue weighted by Crippen LogP contribution is 2.33. The molecule has 1 saturated heterocycles. The molecular formula is C24H24FN3OS. The van der Waals surface area contributed by atoms with Gasteiger partial charge in [0.25, 0.3) is 5.91 Å². The number of carbonyl (C=O) groups is 1. The van der Waals surface area contributed by atoms with Gasteiger partial charge in [-0.1, -0.05) is 42.1 Å². The Balaban J connectivity index is 1.63. The number of nitrogens with zero attached hydrogens (tertiary/aromatic N) is 1. The van der Waals surface area contributed by atoms with Crippen LogP contribution in [0.4, 0.5) is 10.1 Å². The summed E-state index contributed by atoms with van der Waals surface area (Å²) in [6, 6.07) is 14.8. The Labute approximate surface area is 180 Å². The summed E-state index contributed by atoms with van der Waals surface area (Å²) in [6.07, 6.45) is 1.91. The SMILES string of the molecule is Cc1cccc(C)c1-n1c(C)cc(/C=C2\SC(Nc3ccccc3F)NC2=O)c1C. The molecule has 1 aliphatic rings. The summed E-state index contributed by atoms with van der Waals surface area (Å²) in [7, 11) is 0. The summed E-state index contributed by atoms with van der Waals surface area (Å²) in [5.41, 5.74) is 6.74. The highest BCUT2D eigenvalue weighted by molar-refractivity contribution is 8.05. The molecule has 2 aromatic carbocycles. The number of benzene rings is 2. The van der Waals surface area contributed by atoms with E-state index in [4.69, 9.17) is 0 Å². The van der Waals surface area contributed by atoms with Crippen molar-refractivity contribution in [1.82, 2.24) is 9.88 Å². The van der Waals surface area contributed by atoms with Crippen molar-refractivity contribution in [2.45, 2.75) is 33.2 Å². The van der Waals surface area contributed by atoms with Crippen molar-refractivity contribution in [3.05, 3.63) is 87.3 Å². The minimum atomic E-state index is -0.414. The molecule has 6 heteroatoms. The lowest BCUT2D eigenvalue weighted by atomic mass is 10.1. The van der Waals surface area contributed by atoms with Crippen LogP contribution in [0.25, 0.3) is 11.8 Å². The maximum Gasteiger partial charge on any atom is 0.260 e. The normalized spacial score (nSPS) is 17.4. The quantitative estimate of drug-likeness (QED) is 0.551. The molecule has 2 N–H and O–H groups in total. The van der Waals surface area contributed by atoms with Crippen LogP contribution in [-0.2, 0) is 4.79 Å². The van der Waals surface area contributed by atoms with Crippen LogP contribution in [0.3, 0.4) is 0 Å². The van der Waals surface area contributed by atoms with E-state index in [-0.39, 0.29) is 11.7 Å². The fraction of sp³-hybridized carbons (Fsp3) is 0.208. The molecule has 1 fully saturated rings. The molecule has 1 amide bonds. The largest absolute Gasteiger partial charge is 0.354 e. The topological polar surface area (TPSA) is 46.1 Å². The lowest BCUT2D eigenvalue weighted by Gasteiger charge is -2.15. The van der Waals surface area contributed by atoms with Gasteiger partial charge in [-0.15, -0.1) is 0 Å². The predicted molar refractivity (Wildman–Crippen MR) is 122 cm³/mol. The first-order valence-electron chi connectivity index (χ1n) is 9.81. The van der Waals surface area contributed by atoms with E-state index in [9.17, 15) is 9.18 Å². The second-order valence-electron chi connectivity index (χ2n) is 7.51. The van der Waals surface area contributed by atoms with Crippen molar-refractivity contribution in [2.24, 2.45) is 0 Å². The molecule has 0 aliphatic carbocycles. The van der Waals surface area contributed by atoms with Gasteiger partial charge in [0.05, 0.1) is 16.3 Å². The van der Waals surface area contributed by atoms with Crippen LogP contribution in [0.1, 0.15) is 28.1 Å². The summed E-state index contributed by atoms with van der Waals surface area (Å²) in [4.78, 5) is 13.1. The van der Waals surface area contributed by atoms with Gasteiger partial charge in [0, 0.05) is 11.4 Å². The third-order valence-electron chi connectivity index (χ3n) is 5.31. The van der Waals surface area contributed by atoms with Gasteiger partial charge < -0.3 is 15.2 Å². The van der Waals surface area contributed by atoms with Crippen molar-refractivity contribution in [3.63, 3.8) is 0 Å². The van der Waals surface area contributed by atoms with E-state index in [0.717, 1.165) is 17.0 Å². The number of rotatable bonds is 4. The van der Waals surface area contributed by atoms with E-state index >= 15 is 0 Å². The number of amides is 1. The van der Waals surface area contributed by atoms with Crippen molar-refractivity contribution in [2.75, 3.05) is 5.32 Å². The second kappa shape index (κ2) is 8.03. The summed E-state index contributed by atoms with van der Waals surface area (Å²) >= 11 is 1.36. The number of thioether (sulfide) groups is 1. The van der Waals surface area contributed by atoms with E-state index < -0.39 is 5.50 Å². The zero-order valence-corrected chi connectivity index (χ0v) is 18.2. The van der Waals surface area contributed by atoms with Crippen LogP contribution in [-0.4, -0.2) is 16.0 Å². The molecule has 2 heterocycles. The van der Waals surface area contributed by atoms with Gasteiger partial charge in [-0.3, -0.25) is 4.79 Å². The number of hydrogen-bond acceptors (Lipinski definition) is 3. The minimum Gasteiger partial charge on any atom is -0.354 e. The molecule has 4 nitrogen and oxygen atoms in total. The number of aromatic nitrogens is 1. The second-order valence-corrected chi connectivity index (χ2v) is 8.65. The first-order valence-corrected chi connectivity index (χ1v) is 10.7. The Morgan fingerprint density at radius 1 is 1.07 bits per heavy atom. The summed E-state index contributed by atoms with van der Waals surface area (Å²) < 4.78 is 16.1. The number of hydrogen-bond donors (Lipinski definition) is 2. The van der Waals surface area contributed by atoms with Crippen molar-refractivity contribution in [3.8, 4) is 5.69 Å². The summed E-state index contributed by atoms with van der Waals surface area (Å²) in [5, 5.41) is 5.90. The van der Waals surface area contributed by atoms with Gasteiger partial charge in [-0.2, -0.15) is 0 Å². The van der Waals surface area contributed by atoms with E-state index in [1.165, 1.54) is 34.6 Å². The van der Waals surface area contributed by atoms with Gasteiger partial charge in [0.1, 0.15) is 5.82 Å². The molecule has 3 aromatic rings. The zero-order valence-electron chi connectivity index (χ0n) is 17.4. The molecule has 1 atom stereocenters. The maximum atomic E-state index is 13.9. The zero-order chi connectivity index (χ0) is 21.4. The number of nitrogens with one attached hydrogen (secondary N) is 2. The first-order chi connectivity index (χ1) is 14.3. The van der Waals surface area contributed by atoms with Crippen LogP contribution in [0, 0.1) is 33.5 Å². The lowest BCUT2D eigenvalue weighted by Crippen LogP contribution is -2.31. The third kappa shape index (κ3) is 3.75. The van der Waals surface area contributed by atoms with E-state index in [0.29, 0.717) is 10.6 Å². The third-order valence-corrected chi connectivity index (χ3v) is 6.34. The molecule has 1 unspecified atom stereocenters. The van der Waals surface area contributed by atoms with E-state index in [1.807, 2.05) is 6.08 Å². The molecule has 0 radical (unpaired) electrons. The Morgan fingerprint density at radius 2 is 1.77 bits per heavy atom. The molecule has 0 bridgehead atoms. The fourth-order valence-corrected chi connectivity index (χ4v) is 4.83. The van der Waals surface area contributed by atoms with Crippen LogP contribution in [0.15, 0.2) is 53.4 Å². The van der Waals surface area contributed by atoms with E-state index in [1.54, 1.807) is 18.2 Å². The van der Waals surface area contributed by atoms with Gasteiger partial charge in [-0.05, 0) is 68.7 Å². The smallest absolute Gasteiger partial charge is 0.260 e. The molecule has 4 rings (SSSR count). The molecule has 154 valence electrons. The number of halogens is 1. The first kappa shape index (κ1) is 20.3. The Hall–Kier alpha value is -2.99. The van der Waals surface area contributed by atoms with Crippen molar-refractivity contribution >= 4 is 29.4 Å². The molecule has 0 saturated carbocycles. The van der Waals surface area contributed by atoms with Crippen LogP contribution in [0.5, 0.6) is 0 Å². The molecule has 30 heavy (non-hydrogen) atoms. The molecular weight excluding hydrogens is 397 g/mol. The number of carbonyl (C=O) groups excluding carboxylic acids is 1. The van der Waals surface area contributed by atoms with Crippen LogP contribution >= 0.6 is 11.8 Å². The predicted octanol–water partition coefficient (Wildman–Crippen LogP) is 5.45. The monoisotopic (exact) mass is 421 g/mol. The molecule has 0 spiro atoms. The molecule has 1 aromatic heterocycles. The average molecular weight is 422 g/mol. The van der Waals surface area contributed by atoms with Gasteiger partial charge in [0.2, 0.25) is 0 Å². The minimum absolute atomic E-state index is 0.161. The highest BCUT2D eigenvalue weighted by Gasteiger charge is 2.28. The van der Waals surface area contributed by atoms with Crippen molar-refractivity contribution < 1.29 is 9.18 Å².